The lowest BCUT2D eigenvalue weighted by Gasteiger charge is -2.35. The van der Waals surface area contributed by atoms with E-state index in [0.717, 1.165) is 55.0 Å². The van der Waals surface area contributed by atoms with Crippen molar-refractivity contribution < 1.29 is 19.1 Å². The zero-order valence-corrected chi connectivity index (χ0v) is 21.8. The van der Waals surface area contributed by atoms with E-state index in [-0.39, 0.29) is 41.6 Å². The molecule has 2 fully saturated rings. The largest absolute Gasteiger partial charge is 0.483 e. The molecule has 10 heteroatoms. The van der Waals surface area contributed by atoms with Gasteiger partial charge < -0.3 is 19.9 Å². The molecule has 1 unspecified atom stereocenters. The molecule has 2 amide bonds. The second kappa shape index (κ2) is 9.74. The van der Waals surface area contributed by atoms with E-state index >= 15 is 0 Å². The van der Waals surface area contributed by atoms with Gasteiger partial charge in [0.05, 0.1) is 17.3 Å². The first-order valence-corrected chi connectivity index (χ1v) is 13.4. The van der Waals surface area contributed by atoms with E-state index in [1.54, 1.807) is 18.2 Å². The van der Waals surface area contributed by atoms with Crippen molar-refractivity contribution in [3.8, 4) is 5.75 Å². The number of carbonyl (C=O) groups is 3. The molecule has 0 spiro atoms. The number of likely N-dealkylation sites (N-methyl/N-ethyl adjacent to an activating group) is 1. The molecule has 38 heavy (non-hydrogen) atoms. The molecule has 2 aliphatic heterocycles. The number of carbonyl (C=O) groups excluding carboxylic acids is 3. The molecule has 0 radical (unpaired) electrons. The molecule has 1 N–H and O–H groups in total. The molecule has 1 aliphatic carbocycles. The number of ketones is 1. The molecular weight excluding hydrogens is 484 g/mol. The number of aromatic nitrogens is 3. The number of hydrogen-bond donors (Lipinski definition) is 1. The van der Waals surface area contributed by atoms with Gasteiger partial charge in [0.2, 0.25) is 0 Å². The summed E-state index contributed by atoms with van der Waals surface area (Å²) in [7, 11) is 1.98. The molecule has 2 aromatic heterocycles. The van der Waals surface area contributed by atoms with Gasteiger partial charge >= 0.3 is 0 Å². The number of fused-ring (bicyclic) bond motifs is 4. The molecule has 1 saturated heterocycles. The third-order valence-corrected chi connectivity index (χ3v) is 7.68. The van der Waals surface area contributed by atoms with E-state index in [4.69, 9.17) is 14.8 Å². The lowest BCUT2D eigenvalue weighted by Crippen LogP contribution is -2.39. The number of Topliss-reactive ketones (excluding diaryl/α,β-unsaturated/α-hetero) is 1. The summed E-state index contributed by atoms with van der Waals surface area (Å²) in [6, 6.07) is 8.67. The van der Waals surface area contributed by atoms with Crippen molar-refractivity contribution in [1.82, 2.24) is 24.8 Å². The average Bonchev–Trinajstić information content (AvgIpc) is 3.68. The molecule has 1 atom stereocenters. The number of hydrogen-bond acceptors (Lipinski definition) is 7. The lowest BCUT2D eigenvalue weighted by atomic mass is 9.97. The van der Waals surface area contributed by atoms with E-state index in [2.05, 4.69) is 16.3 Å². The molecule has 1 aromatic carbocycles. The van der Waals surface area contributed by atoms with Crippen molar-refractivity contribution in [2.75, 3.05) is 38.2 Å². The fraction of sp³-hybridized carbons (Fsp3) is 0.464. The number of ether oxygens (including phenoxy) is 1. The van der Waals surface area contributed by atoms with Crippen LogP contribution in [0.25, 0.3) is 5.65 Å². The topological polar surface area (TPSA) is 109 Å². The Morgan fingerprint density at radius 2 is 1.89 bits per heavy atom. The monoisotopic (exact) mass is 516 g/mol. The number of nitrogens with one attached hydrogen (secondary N) is 1. The van der Waals surface area contributed by atoms with Gasteiger partial charge in [-0.1, -0.05) is 0 Å². The van der Waals surface area contributed by atoms with Crippen LogP contribution in [0, 0.1) is 0 Å². The third-order valence-electron chi connectivity index (χ3n) is 7.68. The summed E-state index contributed by atoms with van der Waals surface area (Å²) < 4.78 is 7.68. The molecule has 10 nitrogen and oxygen atoms in total. The van der Waals surface area contributed by atoms with Gasteiger partial charge in [0, 0.05) is 56.0 Å². The molecule has 3 aliphatic rings. The number of anilines is 1. The zero-order chi connectivity index (χ0) is 26.4. The van der Waals surface area contributed by atoms with Gasteiger partial charge in [-0.15, -0.1) is 0 Å². The Labute approximate surface area is 221 Å². The summed E-state index contributed by atoms with van der Waals surface area (Å²) in [5.74, 6) is 1.01. The Morgan fingerprint density at radius 3 is 2.68 bits per heavy atom. The van der Waals surface area contributed by atoms with Crippen LogP contribution in [0.3, 0.4) is 0 Å². The normalized spacial score (nSPS) is 20.6. The highest BCUT2D eigenvalue weighted by molar-refractivity contribution is 6.01. The fourth-order valence-electron chi connectivity index (χ4n) is 5.37. The number of amides is 2. The predicted molar refractivity (Wildman–Crippen MR) is 141 cm³/mol. The summed E-state index contributed by atoms with van der Waals surface area (Å²) in [5, 5.41) is 7.87. The van der Waals surface area contributed by atoms with Crippen LogP contribution in [-0.2, 0) is 4.79 Å². The molecular formula is C28H32N6O4. The van der Waals surface area contributed by atoms with Crippen LogP contribution in [0.15, 0.2) is 30.3 Å². The number of benzene rings is 1. The fourth-order valence-corrected chi connectivity index (χ4v) is 5.37. The van der Waals surface area contributed by atoms with Crippen molar-refractivity contribution in [1.29, 1.82) is 0 Å². The highest BCUT2D eigenvalue weighted by Gasteiger charge is 2.34. The lowest BCUT2D eigenvalue weighted by molar-refractivity contribution is -0.123. The summed E-state index contributed by atoms with van der Waals surface area (Å²) in [4.78, 5) is 47.6. The molecule has 4 heterocycles. The van der Waals surface area contributed by atoms with Gasteiger partial charge in [0.1, 0.15) is 11.6 Å². The molecule has 2 bridgehead atoms. The van der Waals surface area contributed by atoms with Crippen LogP contribution in [-0.4, -0.2) is 70.4 Å². The number of rotatable bonds is 2. The van der Waals surface area contributed by atoms with Gasteiger partial charge in [-0.2, -0.15) is 9.61 Å². The van der Waals surface area contributed by atoms with Crippen LogP contribution in [0.2, 0.25) is 0 Å². The number of piperidine rings is 1. The van der Waals surface area contributed by atoms with Crippen LogP contribution in [0.5, 0.6) is 5.75 Å². The maximum atomic E-state index is 14.0. The average molecular weight is 517 g/mol. The van der Waals surface area contributed by atoms with Crippen molar-refractivity contribution >= 4 is 29.1 Å². The zero-order valence-electron chi connectivity index (χ0n) is 21.8. The third kappa shape index (κ3) is 4.59. The van der Waals surface area contributed by atoms with Crippen LogP contribution in [0.1, 0.15) is 83.1 Å². The highest BCUT2D eigenvalue weighted by Crippen LogP contribution is 2.41. The Hall–Kier alpha value is -3.95. The molecule has 198 valence electrons. The van der Waals surface area contributed by atoms with Crippen molar-refractivity contribution in [3.63, 3.8) is 0 Å². The Morgan fingerprint density at radius 1 is 1.05 bits per heavy atom. The van der Waals surface area contributed by atoms with E-state index in [9.17, 15) is 14.4 Å². The maximum absolute atomic E-state index is 14.0. The molecule has 6 rings (SSSR count). The Kier molecular flexibility index (Phi) is 6.25. The summed E-state index contributed by atoms with van der Waals surface area (Å²) in [5.41, 5.74) is 3.33. The van der Waals surface area contributed by atoms with E-state index < -0.39 is 0 Å². The number of nitrogens with zero attached hydrogens (tertiary/aromatic N) is 5. The second-order valence-electron chi connectivity index (χ2n) is 10.5. The Bertz CT molecular complexity index is 1430. The minimum Gasteiger partial charge on any atom is -0.483 e. The van der Waals surface area contributed by atoms with E-state index in [1.165, 1.54) is 6.92 Å². The van der Waals surface area contributed by atoms with E-state index in [0.29, 0.717) is 31.1 Å². The SMILES string of the molecule is CC(=O)c1ccc2c(c1)C(=O)N1CCCCC1c1cc3nc(C4CC4)cc(n3n1)N(C)CCNC(=O)CO2. The standard InChI is InChI=1S/C28H32N6O4/c1-17(35)19-8-9-24-20(13-19)28(37)33-11-4-3-5-23(33)22-14-25-30-21(18-6-7-18)15-27(34(25)31-22)32(2)12-10-29-26(36)16-38-24/h8-9,13-15,18,23H,3-7,10-12,16H2,1-2H3,(H,29,36). The first kappa shape index (κ1) is 24.4. The summed E-state index contributed by atoms with van der Waals surface area (Å²) in [6.45, 7) is 2.80. The predicted octanol–water partition coefficient (Wildman–Crippen LogP) is 3.12. The van der Waals surface area contributed by atoms with Crippen LogP contribution < -0.4 is 15.0 Å². The highest BCUT2D eigenvalue weighted by atomic mass is 16.5. The minimum absolute atomic E-state index is 0.143. The quantitative estimate of drug-likeness (QED) is 0.521. The van der Waals surface area contributed by atoms with Gasteiger partial charge in [0.15, 0.2) is 18.0 Å². The summed E-state index contributed by atoms with van der Waals surface area (Å²) in [6.07, 6.45) is 4.90. The van der Waals surface area contributed by atoms with Gasteiger partial charge in [-0.25, -0.2) is 4.98 Å². The maximum Gasteiger partial charge on any atom is 0.258 e. The van der Waals surface area contributed by atoms with Gasteiger partial charge in [0.25, 0.3) is 11.8 Å². The van der Waals surface area contributed by atoms with Crippen molar-refractivity contribution in [2.24, 2.45) is 0 Å². The van der Waals surface area contributed by atoms with Crippen molar-refractivity contribution in [3.05, 3.63) is 52.8 Å². The smallest absolute Gasteiger partial charge is 0.258 e. The van der Waals surface area contributed by atoms with Crippen molar-refractivity contribution in [2.45, 2.75) is 51.0 Å². The first-order chi connectivity index (χ1) is 18.4. The molecule has 3 aromatic rings. The van der Waals surface area contributed by atoms with Crippen LogP contribution >= 0.6 is 0 Å². The minimum atomic E-state index is -0.282. The van der Waals surface area contributed by atoms with E-state index in [1.807, 2.05) is 22.5 Å². The first-order valence-electron chi connectivity index (χ1n) is 13.4. The van der Waals surface area contributed by atoms with Gasteiger partial charge in [-0.05, 0) is 57.2 Å². The summed E-state index contributed by atoms with van der Waals surface area (Å²) >= 11 is 0. The Balaban J connectivity index is 1.47. The second-order valence-corrected chi connectivity index (χ2v) is 10.5. The van der Waals surface area contributed by atoms with Crippen LogP contribution in [0.4, 0.5) is 5.82 Å². The van der Waals surface area contributed by atoms with Gasteiger partial charge in [-0.3, -0.25) is 14.4 Å². The molecule has 1 saturated carbocycles.